The standard InChI is InChI=1S/C50H35N/c1-2-11-36(12-3-1)37-23-25-38(26-24-37)39-27-31-44(32-28-39)51(45-33-29-42(30-34-45)49-21-9-15-40-13-4-6-19-47(40)49)46-18-8-17-43(35-46)50-22-10-16-41-14-5-7-20-48(41)50/h1-35H/i1D,2D,3D,11D,12D,23D,24D,25D,26D,27D,28D,29D,30D,31D,32D,33D,34D. The average Bonchev–Trinajstić information content (AvgIpc) is 3.34. The Hall–Kier alpha value is -6.70. The SMILES string of the molecule is [2H]c1c([2H])c([2H])c(-c2c([2H])c([2H])c(-c3c([2H])c([2H])c(N(c4cccc(-c5cccc6ccccc56)c4)c4c([2H])c([2H])c(-c5cccc6ccccc56)c([2H])c4[2H])c([2H])c3[2H])c([2H])c2[2H])c([2H])c1[2H]. The fraction of sp³-hybridized carbons (Fsp3) is 0. The third kappa shape index (κ3) is 5.96. The number of rotatable bonds is 7. The Morgan fingerprint density at radius 2 is 0.745 bits per heavy atom. The van der Waals surface area contributed by atoms with Crippen molar-refractivity contribution in [3.8, 4) is 44.5 Å². The molecule has 0 radical (unpaired) electrons. The number of hydrogen-bond acceptors (Lipinski definition) is 1. The molecule has 0 saturated heterocycles. The molecule has 9 aromatic rings. The van der Waals surface area contributed by atoms with Crippen molar-refractivity contribution in [3.63, 3.8) is 0 Å². The lowest BCUT2D eigenvalue weighted by atomic mass is 9.97. The lowest BCUT2D eigenvalue weighted by Gasteiger charge is -2.26. The molecule has 0 aromatic heterocycles. The smallest absolute Gasteiger partial charge is 0.0645 e. The van der Waals surface area contributed by atoms with Gasteiger partial charge in [-0.1, -0.05) is 176 Å². The lowest BCUT2D eigenvalue weighted by Crippen LogP contribution is -2.10. The molecule has 0 N–H and O–H groups in total. The van der Waals surface area contributed by atoms with Crippen molar-refractivity contribution in [1.82, 2.24) is 0 Å². The summed E-state index contributed by atoms with van der Waals surface area (Å²) in [6, 6.07) is 20.2. The molecule has 0 heterocycles. The molecular weight excluding hydrogens is 615 g/mol. The van der Waals surface area contributed by atoms with Crippen LogP contribution in [0.4, 0.5) is 17.1 Å². The van der Waals surface area contributed by atoms with Crippen molar-refractivity contribution < 1.29 is 23.3 Å². The van der Waals surface area contributed by atoms with Gasteiger partial charge in [0.15, 0.2) is 0 Å². The summed E-state index contributed by atoms with van der Waals surface area (Å²) in [5.41, 5.74) is -1.47. The highest BCUT2D eigenvalue weighted by molar-refractivity contribution is 5.98. The molecule has 240 valence electrons. The number of anilines is 3. The second-order valence-corrected chi connectivity index (χ2v) is 11.6. The van der Waals surface area contributed by atoms with E-state index in [-0.39, 0.29) is 11.3 Å². The van der Waals surface area contributed by atoms with Crippen molar-refractivity contribution in [2.75, 3.05) is 4.90 Å². The first-order chi connectivity index (χ1) is 32.4. The molecule has 0 bridgehead atoms. The van der Waals surface area contributed by atoms with Crippen molar-refractivity contribution in [2.45, 2.75) is 0 Å². The summed E-state index contributed by atoms with van der Waals surface area (Å²) < 4.78 is 153. The third-order valence-electron chi connectivity index (χ3n) is 8.56. The van der Waals surface area contributed by atoms with Gasteiger partial charge in [-0.25, -0.2) is 0 Å². The first-order valence-corrected chi connectivity index (χ1v) is 16.1. The molecule has 0 fully saturated rings. The van der Waals surface area contributed by atoms with Gasteiger partial charge in [0.1, 0.15) is 0 Å². The van der Waals surface area contributed by atoms with Crippen LogP contribution in [-0.2, 0) is 0 Å². The monoisotopic (exact) mass is 666 g/mol. The summed E-state index contributed by atoms with van der Waals surface area (Å²) >= 11 is 0. The molecule has 0 spiro atoms. The van der Waals surface area contributed by atoms with Crippen LogP contribution in [0.5, 0.6) is 0 Å². The van der Waals surface area contributed by atoms with Gasteiger partial charge in [-0.3, -0.25) is 0 Å². The summed E-state index contributed by atoms with van der Waals surface area (Å²) in [6.07, 6.45) is 0. The van der Waals surface area contributed by atoms with Crippen LogP contribution in [-0.4, -0.2) is 0 Å². The van der Waals surface area contributed by atoms with E-state index in [9.17, 15) is 11.0 Å². The largest absolute Gasteiger partial charge is 0.310 e. The molecule has 0 saturated carbocycles. The van der Waals surface area contributed by atoms with Gasteiger partial charge in [0.05, 0.1) is 23.3 Å². The lowest BCUT2D eigenvalue weighted by molar-refractivity contribution is 1.28. The number of hydrogen-bond donors (Lipinski definition) is 0. The fourth-order valence-corrected chi connectivity index (χ4v) is 6.14. The Kier molecular flexibility index (Phi) is 4.51. The predicted octanol–water partition coefficient (Wildman–Crippen LogP) is 14.1. The van der Waals surface area contributed by atoms with Gasteiger partial charge < -0.3 is 4.90 Å². The van der Waals surface area contributed by atoms with Gasteiger partial charge in [0.2, 0.25) is 0 Å². The number of fused-ring (bicyclic) bond motifs is 2. The zero-order chi connectivity index (χ0) is 48.8. The van der Waals surface area contributed by atoms with Crippen LogP contribution in [0.3, 0.4) is 0 Å². The second-order valence-electron chi connectivity index (χ2n) is 11.6. The highest BCUT2D eigenvalue weighted by Gasteiger charge is 2.15. The molecule has 1 nitrogen and oxygen atoms in total. The van der Waals surface area contributed by atoms with Crippen LogP contribution in [0.1, 0.15) is 23.3 Å². The Morgan fingerprint density at radius 1 is 0.314 bits per heavy atom. The minimum atomic E-state index is -0.871. The molecule has 1 heteroatoms. The van der Waals surface area contributed by atoms with E-state index in [2.05, 4.69) is 0 Å². The predicted molar refractivity (Wildman–Crippen MR) is 218 cm³/mol. The van der Waals surface area contributed by atoms with Crippen molar-refractivity contribution in [3.05, 3.63) is 212 Å². The zero-order valence-electron chi connectivity index (χ0n) is 43.8. The van der Waals surface area contributed by atoms with Crippen LogP contribution >= 0.6 is 0 Å². The van der Waals surface area contributed by atoms with Gasteiger partial charge in [-0.15, -0.1) is 0 Å². The quantitative estimate of drug-likeness (QED) is 0.164. The summed E-state index contributed by atoms with van der Waals surface area (Å²) in [7, 11) is 0. The molecule has 9 rings (SSSR count). The third-order valence-corrected chi connectivity index (χ3v) is 8.56. The first kappa shape index (κ1) is 17.3. The molecule has 9 aromatic carbocycles. The second kappa shape index (κ2) is 13.3. The maximum atomic E-state index is 9.57. The van der Waals surface area contributed by atoms with E-state index in [0.29, 0.717) is 16.5 Å². The molecule has 0 aliphatic rings. The van der Waals surface area contributed by atoms with Crippen molar-refractivity contribution >= 4 is 38.6 Å². The van der Waals surface area contributed by atoms with E-state index in [1.54, 1.807) is 36.4 Å². The summed E-state index contributed by atoms with van der Waals surface area (Å²) in [5, 5.41) is 3.29. The van der Waals surface area contributed by atoms with Crippen LogP contribution in [0.25, 0.3) is 66.1 Å². The van der Waals surface area contributed by atoms with E-state index in [1.807, 2.05) is 72.8 Å². The van der Waals surface area contributed by atoms with Crippen LogP contribution < -0.4 is 4.90 Å². The van der Waals surface area contributed by atoms with E-state index in [1.165, 1.54) is 0 Å². The average molecular weight is 667 g/mol. The first-order valence-electron chi connectivity index (χ1n) is 24.6. The van der Waals surface area contributed by atoms with Gasteiger partial charge >= 0.3 is 0 Å². The van der Waals surface area contributed by atoms with Crippen LogP contribution in [0, 0.1) is 0 Å². The van der Waals surface area contributed by atoms with Gasteiger partial charge in [0, 0.05) is 17.1 Å². The molecule has 0 atom stereocenters. The Bertz CT molecular complexity index is 3500. The highest BCUT2D eigenvalue weighted by Crippen LogP contribution is 2.40. The van der Waals surface area contributed by atoms with Crippen LogP contribution in [0.2, 0.25) is 0 Å². The maximum Gasteiger partial charge on any atom is 0.0645 e. The summed E-state index contributed by atoms with van der Waals surface area (Å²) in [6.45, 7) is 0. The van der Waals surface area contributed by atoms with Crippen molar-refractivity contribution in [2.24, 2.45) is 0 Å². The minimum Gasteiger partial charge on any atom is -0.310 e. The van der Waals surface area contributed by atoms with E-state index in [0.717, 1.165) is 26.6 Å². The molecular formula is C50H35N. The molecule has 0 aliphatic carbocycles. The highest BCUT2D eigenvalue weighted by atomic mass is 15.1. The fourth-order valence-electron chi connectivity index (χ4n) is 6.14. The Morgan fingerprint density at radius 3 is 1.31 bits per heavy atom. The van der Waals surface area contributed by atoms with Crippen LogP contribution in [0.15, 0.2) is 212 Å². The maximum absolute atomic E-state index is 9.57. The summed E-state index contributed by atoms with van der Waals surface area (Å²) in [4.78, 5) is 1.14. The molecule has 0 unspecified atom stereocenters. The summed E-state index contributed by atoms with van der Waals surface area (Å²) in [5.74, 6) is 0. The molecule has 0 aliphatic heterocycles. The number of nitrogens with zero attached hydrogens (tertiary/aromatic N) is 1. The van der Waals surface area contributed by atoms with E-state index < -0.39 is 136 Å². The number of benzene rings is 9. The minimum absolute atomic E-state index is 0.00434. The zero-order valence-corrected chi connectivity index (χ0v) is 26.8. The van der Waals surface area contributed by atoms with Gasteiger partial charge in [-0.05, 0) is 102 Å². The van der Waals surface area contributed by atoms with Gasteiger partial charge in [0.25, 0.3) is 0 Å². The topological polar surface area (TPSA) is 3.24 Å². The molecule has 0 amide bonds. The van der Waals surface area contributed by atoms with Gasteiger partial charge in [-0.2, -0.15) is 0 Å². The Balaban J connectivity index is 1.32. The normalized spacial score (nSPS) is 15.8. The Labute approximate surface area is 323 Å². The molecule has 51 heavy (non-hydrogen) atoms. The van der Waals surface area contributed by atoms with Crippen molar-refractivity contribution in [1.29, 1.82) is 0 Å². The van der Waals surface area contributed by atoms with E-state index >= 15 is 0 Å². The van der Waals surface area contributed by atoms with E-state index in [4.69, 9.17) is 12.3 Å².